The third-order valence-electron chi connectivity index (χ3n) is 3.23. The SMILES string of the molecule is Nc1ccc2nc(Cn3nc4ccccn4c3=O)oc2c1. The van der Waals surface area contributed by atoms with Gasteiger partial charge >= 0.3 is 5.69 Å². The van der Waals surface area contributed by atoms with Crippen molar-refractivity contribution >= 4 is 22.4 Å². The molecule has 0 fully saturated rings. The van der Waals surface area contributed by atoms with Crippen molar-refractivity contribution in [1.82, 2.24) is 19.2 Å². The molecule has 3 aromatic heterocycles. The lowest BCUT2D eigenvalue weighted by atomic mass is 10.3. The van der Waals surface area contributed by atoms with E-state index in [4.69, 9.17) is 10.2 Å². The Kier molecular flexibility index (Phi) is 2.34. The molecule has 2 N–H and O–H groups in total. The van der Waals surface area contributed by atoms with Crippen LogP contribution in [-0.2, 0) is 6.54 Å². The largest absolute Gasteiger partial charge is 0.439 e. The Morgan fingerprint density at radius 2 is 2.14 bits per heavy atom. The molecule has 0 atom stereocenters. The van der Waals surface area contributed by atoms with E-state index in [1.165, 1.54) is 9.08 Å². The van der Waals surface area contributed by atoms with Gasteiger partial charge in [0.15, 0.2) is 11.2 Å². The summed E-state index contributed by atoms with van der Waals surface area (Å²) in [6, 6.07) is 10.6. The van der Waals surface area contributed by atoms with E-state index >= 15 is 0 Å². The summed E-state index contributed by atoms with van der Waals surface area (Å²) in [7, 11) is 0. The lowest BCUT2D eigenvalue weighted by molar-refractivity contribution is 0.485. The summed E-state index contributed by atoms with van der Waals surface area (Å²) in [5.41, 5.74) is 7.97. The Morgan fingerprint density at radius 3 is 3.00 bits per heavy atom. The van der Waals surface area contributed by atoms with Crippen LogP contribution in [0.2, 0.25) is 0 Å². The fourth-order valence-electron chi connectivity index (χ4n) is 2.26. The molecule has 0 amide bonds. The maximum Gasteiger partial charge on any atom is 0.350 e. The fourth-order valence-corrected chi connectivity index (χ4v) is 2.26. The summed E-state index contributed by atoms with van der Waals surface area (Å²) < 4.78 is 8.40. The molecule has 0 saturated carbocycles. The molecule has 0 spiro atoms. The number of hydrogen-bond acceptors (Lipinski definition) is 5. The van der Waals surface area contributed by atoms with E-state index in [9.17, 15) is 4.79 Å². The predicted molar refractivity (Wildman–Crippen MR) is 77.0 cm³/mol. The van der Waals surface area contributed by atoms with E-state index in [2.05, 4.69) is 10.1 Å². The van der Waals surface area contributed by atoms with Gasteiger partial charge in [-0.1, -0.05) is 6.07 Å². The summed E-state index contributed by atoms with van der Waals surface area (Å²) in [5.74, 6) is 0.418. The summed E-state index contributed by atoms with van der Waals surface area (Å²) in [4.78, 5) is 16.5. The van der Waals surface area contributed by atoms with Crippen LogP contribution in [0.15, 0.2) is 51.8 Å². The second-order valence-corrected chi connectivity index (χ2v) is 4.70. The van der Waals surface area contributed by atoms with Crippen LogP contribution in [0.4, 0.5) is 5.69 Å². The molecule has 0 aliphatic heterocycles. The molecule has 7 nitrogen and oxygen atoms in total. The minimum atomic E-state index is -0.229. The van der Waals surface area contributed by atoms with Gasteiger partial charge in [0.2, 0.25) is 5.89 Å². The first-order valence-electron chi connectivity index (χ1n) is 6.40. The van der Waals surface area contributed by atoms with Crippen LogP contribution in [0, 0.1) is 0 Å². The van der Waals surface area contributed by atoms with Crippen molar-refractivity contribution in [2.75, 3.05) is 5.73 Å². The van der Waals surface area contributed by atoms with E-state index in [1.807, 2.05) is 6.07 Å². The Morgan fingerprint density at radius 1 is 1.24 bits per heavy atom. The van der Waals surface area contributed by atoms with Crippen molar-refractivity contribution in [1.29, 1.82) is 0 Å². The zero-order valence-electron chi connectivity index (χ0n) is 10.9. The lowest BCUT2D eigenvalue weighted by Gasteiger charge is -1.92. The molecular weight excluding hydrogens is 270 g/mol. The van der Waals surface area contributed by atoms with Crippen molar-refractivity contribution in [3.8, 4) is 0 Å². The summed E-state index contributed by atoms with van der Waals surface area (Å²) in [6.45, 7) is 0.176. The number of benzene rings is 1. The zero-order chi connectivity index (χ0) is 14.4. The number of nitrogens with two attached hydrogens (primary N) is 1. The van der Waals surface area contributed by atoms with E-state index in [0.29, 0.717) is 28.3 Å². The molecule has 3 heterocycles. The van der Waals surface area contributed by atoms with Gasteiger partial charge in [0.05, 0.1) is 0 Å². The van der Waals surface area contributed by atoms with E-state index in [1.54, 1.807) is 36.5 Å². The molecule has 0 saturated heterocycles. The summed E-state index contributed by atoms with van der Waals surface area (Å²) in [6.07, 6.45) is 1.67. The van der Waals surface area contributed by atoms with Crippen LogP contribution in [0.5, 0.6) is 0 Å². The molecule has 0 aliphatic rings. The molecule has 104 valence electrons. The molecule has 0 radical (unpaired) electrons. The van der Waals surface area contributed by atoms with Crippen LogP contribution in [-0.4, -0.2) is 19.2 Å². The van der Waals surface area contributed by atoms with E-state index < -0.39 is 0 Å². The highest BCUT2D eigenvalue weighted by atomic mass is 16.3. The maximum atomic E-state index is 12.2. The molecule has 0 unspecified atom stereocenters. The molecule has 0 bridgehead atoms. The number of nitrogen functional groups attached to an aromatic ring is 1. The number of anilines is 1. The number of nitrogens with zero attached hydrogens (tertiary/aromatic N) is 4. The number of pyridine rings is 1. The van der Waals surface area contributed by atoms with Crippen LogP contribution < -0.4 is 11.4 Å². The highest BCUT2D eigenvalue weighted by molar-refractivity contribution is 5.76. The van der Waals surface area contributed by atoms with Gasteiger partial charge < -0.3 is 10.2 Å². The van der Waals surface area contributed by atoms with Crippen molar-refractivity contribution in [2.45, 2.75) is 6.54 Å². The third kappa shape index (κ3) is 1.86. The molecular formula is C14H11N5O2. The number of aromatic nitrogens is 4. The second-order valence-electron chi connectivity index (χ2n) is 4.70. The Balaban J connectivity index is 1.79. The quantitative estimate of drug-likeness (QED) is 0.559. The minimum absolute atomic E-state index is 0.176. The molecule has 1 aromatic carbocycles. The predicted octanol–water partition coefficient (Wildman–Crippen LogP) is 1.27. The lowest BCUT2D eigenvalue weighted by Crippen LogP contribution is -2.21. The van der Waals surface area contributed by atoms with Gasteiger partial charge in [-0.2, -0.15) is 0 Å². The van der Waals surface area contributed by atoms with Gasteiger partial charge in [0.25, 0.3) is 0 Å². The maximum absolute atomic E-state index is 12.2. The molecule has 4 aromatic rings. The van der Waals surface area contributed by atoms with E-state index in [0.717, 1.165) is 0 Å². The number of hydrogen-bond donors (Lipinski definition) is 1. The monoisotopic (exact) mass is 281 g/mol. The van der Waals surface area contributed by atoms with Crippen molar-refractivity contribution in [2.24, 2.45) is 0 Å². The highest BCUT2D eigenvalue weighted by Crippen LogP contribution is 2.18. The zero-order valence-corrected chi connectivity index (χ0v) is 10.9. The van der Waals surface area contributed by atoms with Gasteiger partial charge in [-0.05, 0) is 24.3 Å². The van der Waals surface area contributed by atoms with Crippen molar-refractivity contribution in [3.05, 3.63) is 59.0 Å². The summed E-state index contributed by atoms with van der Waals surface area (Å²) in [5, 5.41) is 4.24. The Labute approximate surface area is 118 Å². The van der Waals surface area contributed by atoms with Crippen LogP contribution in [0.3, 0.4) is 0 Å². The van der Waals surface area contributed by atoms with Gasteiger partial charge in [-0.25, -0.2) is 14.5 Å². The first kappa shape index (κ1) is 11.7. The van der Waals surface area contributed by atoms with Gasteiger partial charge in [-0.15, -0.1) is 5.10 Å². The van der Waals surface area contributed by atoms with Gasteiger partial charge in [0.1, 0.15) is 12.1 Å². The highest BCUT2D eigenvalue weighted by Gasteiger charge is 2.11. The molecule has 4 rings (SSSR count). The van der Waals surface area contributed by atoms with Gasteiger partial charge in [0, 0.05) is 18.0 Å². The summed E-state index contributed by atoms with van der Waals surface area (Å²) >= 11 is 0. The van der Waals surface area contributed by atoms with E-state index in [-0.39, 0.29) is 12.2 Å². The van der Waals surface area contributed by atoms with Crippen LogP contribution >= 0.6 is 0 Å². The standard InChI is InChI=1S/C14H11N5O2/c15-9-4-5-10-11(7-9)21-13(16-10)8-19-14(20)18-6-2-1-3-12(18)17-19/h1-7H,8,15H2. The molecule has 21 heavy (non-hydrogen) atoms. The van der Waals surface area contributed by atoms with Crippen LogP contribution in [0.1, 0.15) is 5.89 Å². The third-order valence-corrected chi connectivity index (χ3v) is 3.23. The molecule has 0 aliphatic carbocycles. The van der Waals surface area contributed by atoms with Crippen molar-refractivity contribution in [3.63, 3.8) is 0 Å². The first-order chi connectivity index (χ1) is 10.2. The van der Waals surface area contributed by atoms with Gasteiger partial charge in [-0.3, -0.25) is 4.40 Å². The minimum Gasteiger partial charge on any atom is -0.439 e. The Hall–Kier alpha value is -3.09. The average Bonchev–Trinajstić information content (AvgIpc) is 3.01. The number of fused-ring (bicyclic) bond motifs is 2. The van der Waals surface area contributed by atoms with Crippen LogP contribution in [0.25, 0.3) is 16.7 Å². The number of oxazole rings is 1. The van der Waals surface area contributed by atoms with Crippen molar-refractivity contribution < 1.29 is 4.42 Å². The number of rotatable bonds is 2. The normalized spacial score (nSPS) is 11.4. The topological polar surface area (TPSA) is 91.4 Å². The smallest absolute Gasteiger partial charge is 0.350 e. The fraction of sp³-hybridized carbons (Fsp3) is 0.0714. The average molecular weight is 281 g/mol. The Bertz CT molecular complexity index is 1010. The second kappa shape index (κ2) is 4.20. The molecule has 7 heteroatoms. The first-order valence-corrected chi connectivity index (χ1v) is 6.40.